The Bertz CT molecular complexity index is 570. The Balaban J connectivity index is 1.76. The minimum atomic E-state index is -0.491. The number of ether oxygens (including phenoxy) is 1. The molecule has 6 heteroatoms. The molecule has 0 bridgehead atoms. The van der Waals surface area contributed by atoms with E-state index in [2.05, 4.69) is 0 Å². The Morgan fingerprint density at radius 3 is 2.17 bits per heavy atom. The number of rotatable bonds is 3. The van der Waals surface area contributed by atoms with Gasteiger partial charge in [-0.15, -0.1) is 0 Å². The van der Waals surface area contributed by atoms with Gasteiger partial charge in [0.15, 0.2) is 18.9 Å². The third-order valence-electron chi connectivity index (χ3n) is 3.93. The second kappa shape index (κ2) is 7.64. The molecule has 0 radical (unpaired) electrons. The van der Waals surface area contributed by atoms with Gasteiger partial charge in [-0.2, -0.15) is 0 Å². The fourth-order valence-electron chi connectivity index (χ4n) is 2.53. The summed E-state index contributed by atoms with van der Waals surface area (Å²) in [6.07, 6.45) is 4.15. The molecule has 0 aliphatic carbocycles. The summed E-state index contributed by atoms with van der Waals surface area (Å²) in [7, 11) is 0. The Morgan fingerprint density at radius 1 is 1.08 bits per heavy atom. The molecule has 0 atom stereocenters. The van der Waals surface area contributed by atoms with Gasteiger partial charge in [0.1, 0.15) is 5.60 Å². The third kappa shape index (κ3) is 5.51. The van der Waals surface area contributed by atoms with Crippen LogP contribution < -0.4 is 4.57 Å². The highest BCUT2D eigenvalue weighted by Gasteiger charge is 2.27. The number of hydrogen-bond donors (Lipinski definition) is 0. The fraction of sp³-hybridized carbons (Fsp3) is 0.611. The molecular weight excluding hydrogens is 306 g/mol. The molecule has 1 saturated heterocycles. The molecule has 2 heterocycles. The monoisotopic (exact) mass is 334 g/mol. The molecule has 132 valence electrons. The first-order chi connectivity index (χ1) is 11.2. The molecule has 2 rings (SSSR count). The summed E-state index contributed by atoms with van der Waals surface area (Å²) < 4.78 is 7.38. The number of aryl methyl sites for hydroxylation is 2. The quantitative estimate of drug-likeness (QED) is 0.792. The maximum atomic E-state index is 12.3. The number of carbonyl (C=O) groups is 2. The van der Waals surface area contributed by atoms with Crippen molar-refractivity contribution in [2.24, 2.45) is 0 Å². The first kappa shape index (κ1) is 18.2. The van der Waals surface area contributed by atoms with Crippen LogP contribution in [-0.4, -0.2) is 53.6 Å². The number of aromatic nitrogens is 1. The van der Waals surface area contributed by atoms with Crippen molar-refractivity contribution in [1.29, 1.82) is 0 Å². The molecule has 2 amide bonds. The van der Waals surface area contributed by atoms with Gasteiger partial charge < -0.3 is 14.5 Å². The number of piperazine rings is 1. The molecular formula is C18H28N3O3+. The Hall–Kier alpha value is -2.11. The molecule has 1 aliphatic rings. The summed E-state index contributed by atoms with van der Waals surface area (Å²) in [6, 6.07) is 4.06. The number of carbonyl (C=O) groups excluding carboxylic acids is 2. The second-order valence-electron chi connectivity index (χ2n) is 7.21. The van der Waals surface area contributed by atoms with Crippen molar-refractivity contribution in [2.75, 3.05) is 26.2 Å². The second-order valence-corrected chi connectivity index (χ2v) is 7.21. The van der Waals surface area contributed by atoms with Crippen LogP contribution in [0.3, 0.4) is 0 Å². The minimum absolute atomic E-state index is 0.131. The maximum absolute atomic E-state index is 12.3. The lowest BCUT2D eigenvalue weighted by atomic mass is 10.2. The average molecular weight is 334 g/mol. The van der Waals surface area contributed by atoms with Crippen LogP contribution >= 0.6 is 0 Å². The minimum Gasteiger partial charge on any atom is -0.444 e. The highest BCUT2D eigenvalue weighted by Crippen LogP contribution is 2.12. The summed E-state index contributed by atoms with van der Waals surface area (Å²) in [5.74, 6) is 0.131. The zero-order valence-electron chi connectivity index (χ0n) is 15.1. The van der Waals surface area contributed by atoms with Crippen LogP contribution in [0.4, 0.5) is 4.79 Å². The Kier molecular flexibility index (Phi) is 5.80. The first-order valence-corrected chi connectivity index (χ1v) is 8.46. The van der Waals surface area contributed by atoms with Gasteiger partial charge in [0.05, 0.1) is 6.42 Å². The smallest absolute Gasteiger partial charge is 0.410 e. The van der Waals surface area contributed by atoms with E-state index in [9.17, 15) is 9.59 Å². The SMILES string of the molecule is Cc1cc[n+](CCC(=O)N2CCN(C(=O)OC(C)(C)C)CC2)cc1. The molecule has 1 aliphatic heterocycles. The lowest BCUT2D eigenvalue weighted by Gasteiger charge is -2.35. The fourth-order valence-corrected chi connectivity index (χ4v) is 2.53. The van der Waals surface area contributed by atoms with Gasteiger partial charge in [-0.1, -0.05) is 0 Å². The van der Waals surface area contributed by atoms with Crippen molar-refractivity contribution in [3.8, 4) is 0 Å². The average Bonchev–Trinajstić information content (AvgIpc) is 2.52. The van der Waals surface area contributed by atoms with Crippen LogP contribution in [0.15, 0.2) is 24.5 Å². The summed E-state index contributed by atoms with van der Waals surface area (Å²) in [5, 5.41) is 0. The molecule has 0 unspecified atom stereocenters. The van der Waals surface area contributed by atoms with E-state index in [0.717, 1.165) is 0 Å². The van der Waals surface area contributed by atoms with Crippen molar-refractivity contribution in [3.05, 3.63) is 30.1 Å². The van der Waals surface area contributed by atoms with E-state index in [1.165, 1.54) is 5.56 Å². The maximum Gasteiger partial charge on any atom is 0.410 e. The Morgan fingerprint density at radius 2 is 1.62 bits per heavy atom. The highest BCUT2D eigenvalue weighted by molar-refractivity contribution is 5.76. The van der Waals surface area contributed by atoms with E-state index in [-0.39, 0.29) is 12.0 Å². The predicted molar refractivity (Wildman–Crippen MR) is 90.4 cm³/mol. The highest BCUT2D eigenvalue weighted by atomic mass is 16.6. The number of nitrogens with zero attached hydrogens (tertiary/aromatic N) is 3. The Labute approximate surface area is 144 Å². The van der Waals surface area contributed by atoms with E-state index < -0.39 is 5.60 Å². The zero-order valence-corrected chi connectivity index (χ0v) is 15.1. The predicted octanol–water partition coefficient (Wildman–Crippen LogP) is 1.75. The topological polar surface area (TPSA) is 53.7 Å². The van der Waals surface area contributed by atoms with E-state index in [0.29, 0.717) is 39.1 Å². The largest absolute Gasteiger partial charge is 0.444 e. The van der Waals surface area contributed by atoms with Crippen LogP contribution in [0.1, 0.15) is 32.8 Å². The molecule has 0 N–H and O–H groups in total. The van der Waals surface area contributed by atoms with Crippen LogP contribution in [0.25, 0.3) is 0 Å². The molecule has 1 aromatic heterocycles. The van der Waals surface area contributed by atoms with Gasteiger partial charge >= 0.3 is 6.09 Å². The molecule has 24 heavy (non-hydrogen) atoms. The van der Waals surface area contributed by atoms with Gasteiger partial charge in [0.2, 0.25) is 5.91 Å². The number of amides is 2. The standard InChI is InChI=1S/C18H28N3O3/c1-15-5-8-19(9-6-15)10-7-16(22)20-11-13-21(14-12-20)17(23)24-18(2,3)4/h5-6,8-9H,7,10-14H2,1-4H3/q+1. The molecule has 1 fully saturated rings. The van der Waals surface area contributed by atoms with Crippen LogP contribution in [0, 0.1) is 6.92 Å². The molecule has 0 saturated carbocycles. The van der Waals surface area contributed by atoms with Gasteiger partial charge in [-0.25, -0.2) is 9.36 Å². The van der Waals surface area contributed by atoms with Crippen LogP contribution in [0.2, 0.25) is 0 Å². The van der Waals surface area contributed by atoms with Crippen LogP contribution in [-0.2, 0) is 16.1 Å². The molecule has 6 nitrogen and oxygen atoms in total. The molecule has 0 aromatic carbocycles. The first-order valence-electron chi connectivity index (χ1n) is 8.46. The van der Waals surface area contributed by atoms with Crippen molar-refractivity contribution < 1.29 is 18.9 Å². The van der Waals surface area contributed by atoms with Gasteiger partial charge in [-0.3, -0.25) is 4.79 Å². The summed E-state index contributed by atoms with van der Waals surface area (Å²) in [5.41, 5.74) is 0.714. The van der Waals surface area contributed by atoms with Crippen molar-refractivity contribution >= 4 is 12.0 Å². The van der Waals surface area contributed by atoms with Crippen molar-refractivity contribution in [1.82, 2.24) is 9.80 Å². The van der Waals surface area contributed by atoms with E-state index in [1.807, 2.05) is 61.7 Å². The third-order valence-corrected chi connectivity index (χ3v) is 3.93. The van der Waals surface area contributed by atoms with Gasteiger partial charge in [0, 0.05) is 38.3 Å². The summed E-state index contributed by atoms with van der Waals surface area (Å²) in [4.78, 5) is 27.8. The summed E-state index contributed by atoms with van der Waals surface area (Å²) >= 11 is 0. The number of pyridine rings is 1. The van der Waals surface area contributed by atoms with Crippen LogP contribution in [0.5, 0.6) is 0 Å². The number of hydrogen-bond acceptors (Lipinski definition) is 3. The van der Waals surface area contributed by atoms with Crippen molar-refractivity contribution in [2.45, 2.75) is 46.3 Å². The van der Waals surface area contributed by atoms with Gasteiger partial charge in [0.25, 0.3) is 0 Å². The van der Waals surface area contributed by atoms with E-state index >= 15 is 0 Å². The lowest BCUT2D eigenvalue weighted by molar-refractivity contribution is -0.696. The lowest BCUT2D eigenvalue weighted by Crippen LogP contribution is -2.52. The van der Waals surface area contributed by atoms with Crippen molar-refractivity contribution in [3.63, 3.8) is 0 Å². The normalized spacial score (nSPS) is 15.3. The van der Waals surface area contributed by atoms with Gasteiger partial charge in [-0.05, 0) is 33.3 Å². The van der Waals surface area contributed by atoms with E-state index in [1.54, 1.807) is 4.90 Å². The molecule has 0 spiro atoms. The zero-order chi connectivity index (χ0) is 17.7. The summed E-state index contributed by atoms with van der Waals surface area (Å²) in [6.45, 7) is 10.5. The van der Waals surface area contributed by atoms with E-state index in [4.69, 9.17) is 4.74 Å². The molecule has 1 aromatic rings.